The summed E-state index contributed by atoms with van der Waals surface area (Å²) in [4.78, 5) is 36.6. The summed E-state index contributed by atoms with van der Waals surface area (Å²) >= 11 is 0. The van der Waals surface area contributed by atoms with Gasteiger partial charge in [0.2, 0.25) is 11.8 Å². The highest BCUT2D eigenvalue weighted by Gasteiger charge is 2.29. The van der Waals surface area contributed by atoms with E-state index in [9.17, 15) is 14.4 Å². The van der Waals surface area contributed by atoms with Gasteiger partial charge in [-0.15, -0.1) is 0 Å². The van der Waals surface area contributed by atoms with E-state index in [-0.39, 0.29) is 18.4 Å². The number of rotatable bonds is 6. The molecule has 23 heavy (non-hydrogen) atoms. The van der Waals surface area contributed by atoms with Crippen LogP contribution in [0.15, 0.2) is 0 Å². The molecule has 1 atom stereocenters. The van der Waals surface area contributed by atoms with Gasteiger partial charge in [-0.05, 0) is 44.4 Å². The zero-order valence-electron chi connectivity index (χ0n) is 13.5. The standard InChI is InChI=1S/C16H26N2O5/c19-14(5-4-12-6-9-23-10-7-12)17-13-3-1-2-8-18(16(13)22)11-15(20)21/h12-13H,1-11H2,(H,17,19)(H,20,21). The largest absolute Gasteiger partial charge is 0.480 e. The summed E-state index contributed by atoms with van der Waals surface area (Å²) in [5.74, 6) is -0.899. The molecule has 0 aromatic carbocycles. The molecule has 0 saturated carbocycles. The van der Waals surface area contributed by atoms with Gasteiger partial charge in [-0.2, -0.15) is 0 Å². The lowest BCUT2D eigenvalue weighted by molar-refractivity contribution is -0.145. The number of carboxylic acids is 1. The molecule has 2 aliphatic heterocycles. The molecule has 0 bridgehead atoms. The Morgan fingerprint density at radius 2 is 1.96 bits per heavy atom. The van der Waals surface area contributed by atoms with Crippen LogP contribution in [-0.2, 0) is 19.1 Å². The van der Waals surface area contributed by atoms with Crippen LogP contribution in [0, 0.1) is 5.92 Å². The smallest absolute Gasteiger partial charge is 0.323 e. The van der Waals surface area contributed by atoms with Crippen molar-refractivity contribution < 1.29 is 24.2 Å². The third-order valence-electron chi connectivity index (χ3n) is 4.56. The number of ether oxygens (including phenoxy) is 1. The van der Waals surface area contributed by atoms with Gasteiger partial charge in [-0.25, -0.2) is 0 Å². The van der Waals surface area contributed by atoms with E-state index in [1.165, 1.54) is 4.90 Å². The maximum atomic E-state index is 12.4. The lowest BCUT2D eigenvalue weighted by Gasteiger charge is -2.24. The van der Waals surface area contributed by atoms with Crippen molar-refractivity contribution in [3.8, 4) is 0 Å². The van der Waals surface area contributed by atoms with Crippen molar-refractivity contribution in [2.24, 2.45) is 5.92 Å². The molecular formula is C16H26N2O5. The number of hydrogen-bond acceptors (Lipinski definition) is 4. The van der Waals surface area contributed by atoms with E-state index < -0.39 is 12.0 Å². The highest BCUT2D eigenvalue weighted by molar-refractivity contribution is 5.89. The number of hydrogen-bond donors (Lipinski definition) is 2. The minimum atomic E-state index is -1.02. The van der Waals surface area contributed by atoms with E-state index in [0.717, 1.165) is 45.3 Å². The summed E-state index contributed by atoms with van der Waals surface area (Å²) in [5.41, 5.74) is 0. The van der Waals surface area contributed by atoms with E-state index in [1.807, 2.05) is 0 Å². The second-order valence-corrected chi connectivity index (χ2v) is 6.36. The molecule has 2 saturated heterocycles. The molecule has 2 heterocycles. The Balaban J connectivity index is 1.80. The average Bonchev–Trinajstić information content (AvgIpc) is 2.69. The van der Waals surface area contributed by atoms with Crippen molar-refractivity contribution in [3.63, 3.8) is 0 Å². The average molecular weight is 326 g/mol. The van der Waals surface area contributed by atoms with Gasteiger partial charge in [0.1, 0.15) is 12.6 Å². The molecule has 0 aromatic rings. The minimum Gasteiger partial charge on any atom is -0.480 e. The molecule has 2 amide bonds. The molecular weight excluding hydrogens is 300 g/mol. The van der Waals surface area contributed by atoms with Crippen molar-refractivity contribution in [1.29, 1.82) is 0 Å². The third kappa shape index (κ3) is 5.82. The molecule has 0 aliphatic carbocycles. The lowest BCUT2D eigenvalue weighted by Crippen LogP contribution is -2.48. The number of aliphatic carboxylic acids is 1. The van der Waals surface area contributed by atoms with Gasteiger partial charge >= 0.3 is 5.97 Å². The zero-order valence-corrected chi connectivity index (χ0v) is 13.5. The van der Waals surface area contributed by atoms with Crippen molar-refractivity contribution >= 4 is 17.8 Å². The van der Waals surface area contributed by atoms with E-state index in [1.54, 1.807) is 0 Å². The predicted molar refractivity (Wildman–Crippen MR) is 82.8 cm³/mol. The molecule has 7 heteroatoms. The second kappa shape index (κ2) is 8.86. The summed E-state index contributed by atoms with van der Waals surface area (Å²) in [6.07, 6.45) is 5.37. The quantitative estimate of drug-likeness (QED) is 0.752. The molecule has 0 aromatic heterocycles. The van der Waals surface area contributed by atoms with Crippen LogP contribution >= 0.6 is 0 Å². The first-order chi connectivity index (χ1) is 11.1. The van der Waals surface area contributed by atoms with Gasteiger partial charge < -0.3 is 20.1 Å². The number of amides is 2. The van der Waals surface area contributed by atoms with Crippen LogP contribution in [0.4, 0.5) is 0 Å². The van der Waals surface area contributed by atoms with Crippen molar-refractivity contribution in [2.45, 2.75) is 51.0 Å². The number of nitrogens with zero attached hydrogens (tertiary/aromatic N) is 1. The van der Waals surface area contributed by atoms with Crippen molar-refractivity contribution in [1.82, 2.24) is 10.2 Å². The second-order valence-electron chi connectivity index (χ2n) is 6.36. The monoisotopic (exact) mass is 326 g/mol. The summed E-state index contributed by atoms with van der Waals surface area (Å²) in [7, 11) is 0. The maximum Gasteiger partial charge on any atom is 0.323 e. The zero-order chi connectivity index (χ0) is 16.7. The summed E-state index contributed by atoms with van der Waals surface area (Å²) in [6.45, 7) is 1.67. The number of likely N-dealkylation sites (tertiary alicyclic amines) is 1. The van der Waals surface area contributed by atoms with E-state index >= 15 is 0 Å². The number of carboxylic acid groups (broad SMARTS) is 1. The van der Waals surface area contributed by atoms with E-state index in [0.29, 0.717) is 25.3 Å². The van der Waals surface area contributed by atoms with Crippen LogP contribution in [0.2, 0.25) is 0 Å². The SMILES string of the molecule is O=C(O)CN1CCCCC(NC(=O)CCC2CCOCC2)C1=O. The minimum absolute atomic E-state index is 0.119. The first kappa shape index (κ1) is 17.7. The van der Waals surface area contributed by atoms with Gasteiger partial charge in [0.15, 0.2) is 0 Å². The topological polar surface area (TPSA) is 95.9 Å². The van der Waals surface area contributed by atoms with Gasteiger partial charge in [0, 0.05) is 26.2 Å². The molecule has 2 rings (SSSR count). The molecule has 130 valence electrons. The Labute approximate surface area is 136 Å². The van der Waals surface area contributed by atoms with Crippen LogP contribution in [0.5, 0.6) is 0 Å². The lowest BCUT2D eigenvalue weighted by atomic mass is 9.95. The molecule has 2 fully saturated rings. The van der Waals surface area contributed by atoms with Crippen molar-refractivity contribution in [3.05, 3.63) is 0 Å². The fraction of sp³-hybridized carbons (Fsp3) is 0.812. The molecule has 0 spiro atoms. The fourth-order valence-corrected chi connectivity index (χ4v) is 3.20. The van der Waals surface area contributed by atoms with Gasteiger partial charge in [-0.1, -0.05) is 0 Å². The van der Waals surface area contributed by atoms with Crippen LogP contribution < -0.4 is 5.32 Å². The predicted octanol–water partition coefficient (Wildman–Crippen LogP) is 0.775. The Hall–Kier alpha value is -1.63. The molecule has 2 N–H and O–H groups in total. The number of carbonyl (C=O) groups excluding carboxylic acids is 2. The van der Waals surface area contributed by atoms with Gasteiger partial charge in [-0.3, -0.25) is 14.4 Å². The van der Waals surface area contributed by atoms with Crippen LogP contribution in [0.1, 0.15) is 44.9 Å². The maximum absolute atomic E-state index is 12.4. The normalized spacial score (nSPS) is 23.4. The van der Waals surface area contributed by atoms with Crippen LogP contribution in [-0.4, -0.2) is 60.1 Å². The fourth-order valence-electron chi connectivity index (χ4n) is 3.20. The van der Waals surface area contributed by atoms with Crippen molar-refractivity contribution in [2.75, 3.05) is 26.3 Å². The summed E-state index contributed by atoms with van der Waals surface area (Å²) in [5, 5.41) is 11.7. The van der Waals surface area contributed by atoms with Gasteiger partial charge in [0.05, 0.1) is 0 Å². The van der Waals surface area contributed by atoms with E-state index in [2.05, 4.69) is 5.32 Å². The Morgan fingerprint density at radius 1 is 1.22 bits per heavy atom. The number of nitrogens with one attached hydrogen (secondary N) is 1. The third-order valence-corrected chi connectivity index (χ3v) is 4.56. The molecule has 2 aliphatic rings. The first-order valence-corrected chi connectivity index (χ1v) is 8.44. The van der Waals surface area contributed by atoms with Crippen LogP contribution in [0.25, 0.3) is 0 Å². The molecule has 0 radical (unpaired) electrons. The highest BCUT2D eigenvalue weighted by Crippen LogP contribution is 2.20. The van der Waals surface area contributed by atoms with Gasteiger partial charge in [0.25, 0.3) is 0 Å². The Morgan fingerprint density at radius 3 is 2.65 bits per heavy atom. The van der Waals surface area contributed by atoms with Crippen LogP contribution in [0.3, 0.4) is 0 Å². The summed E-state index contributed by atoms with van der Waals surface area (Å²) < 4.78 is 5.30. The summed E-state index contributed by atoms with van der Waals surface area (Å²) in [6, 6.07) is -0.584. The first-order valence-electron chi connectivity index (χ1n) is 8.44. The highest BCUT2D eigenvalue weighted by atomic mass is 16.5. The molecule has 1 unspecified atom stereocenters. The molecule has 7 nitrogen and oxygen atoms in total. The number of carbonyl (C=O) groups is 3. The van der Waals surface area contributed by atoms with E-state index in [4.69, 9.17) is 9.84 Å². The Kier molecular flexibility index (Phi) is 6.83. The Bertz CT molecular complexity index is 434.